The summed E-state index contributed by atoms with van der Waals surface area (Å²) in [6.07, 6.45) is 0.285. The lowest BCUT2D eigenvalue weighted by atomic mass is 10.2. The highest BCUT2D eigenvalue weighted by Crippen LogP contribution is 2.09. The smallest absolute Gasteiger partial charge is 0.251 e. The quantitative estimate of drug-likeness (QED) is 0.629. The predicted octanol–water partition coefficient (Wildman–Crippen LogP) is -0.160. The van der Waals surface area contributed by atoms with Gasteiger partial charge in [0.2, 0.25) is 10.0 Å². The van der Waals surface area contributed by atoms with E-state index in [1.807, 2.05) is 0 Å². The molecule has 1 aromatic heterocycles. The number of hydrogen-bond donors (Lipinski definition) is 3. The summed E-state index contributed by atoms with van der Waals surface area (Å²) >= 11 is 0. The monoisotopic (exact) mass is 286 g/mol. The minimum Gasteiger partial charge on any atom is -0.373 e. The van der Waals surface area contributed by atoms with Crippen molar-refractivity contribution in [2.45, 2.75) is 13.3 Å². The summed E-state index contributed by atoms with van der Waals surface area (Å²) in [4.78, 5) is 16.0. The first kappa shape index (κ1) is 15.4. The van der Waals surface area contributed by atoms with Crippen molar-refractivity contribution in [1.82, 2.24) is 10.3 Å². The molecule has 19 heavy (non-hydrogen) atoms. The molecule has 1 aromatic rings. The average molecular weight is 286 g/mol. The highest BCUT2D eigenvalue weighted by Gasteiger charge is 2.08. The third-order valence-corrected chi connectivity index (χ3v) is 3.22. The van der Waals surface area contributed by atoms with E-state index in [9.17, 15) is 13.2 Å². The number of nitrogens with zero attached hydrogens (tertiary/aromatic N) is 1. The maximum absolute atomic E-state index is 11.8. The molecule has 106 valence electrons. The SMILES string of the molecule is CNc1cc(C(=O)NCCCS(N)(=O)=O)cc(C)n1. The van der Waals surface area contributed by atoms with Gasteiger partial charge in [0.15, 0.2) is 0 Å². The van der Waals surface area contributed by atoms with Crippen LogP contribution in [0.4, 0.5) is 5.82 Å². The lowest BCUT2D eigenvalue weighted by Gasteiger charge is -2.07. The van der Waals surface area contributed by atoms with E-state index in [-0.39, 0.29) is 24.6 Å². The van der Waals surface area contributed by atoms with E-state index in [2.05, 4.69) is 15.6 Å². The average Bonchev–Trinajstić information content (AvgIpc) is 2.32. The Morgan fingerprint density at radius 1 is 1.42 bits per heavy atom. The molecule has 0 spiro atoms. The molecule has 7 nitrogen and oxygen atoms in total. The molecule has 0 aliphatic carbocycles. The van der Waals surface area contributed by atoms with Gasteiger partial charge in [-0.05, 0) is 25.5 Å². The Labute approximate surface area is 112 Å². The third-order valence-electron chi connectivity index (χ3n) is 2.36. The first-order valence-corrected chi connectivity index (χ1v) is 7.48. The molecule has 0 fully saturated rings. The Morgan fingerprint density at radius 2 is 2.11 bits per heavy atom. The van der Waals surface area contributed by atoms with Crippen molar-refractivity contribution < 1.29 is 13.2 Å². The number of hydrogen-bond acceptors (Lipinski definition) is 5. The number of primary sulfonamides is 1. The van der Waals surface area contributed by atoms with Gasteiger partial charge in [-0.15, -0.1) is 0 Å². The number of nitrogens with two attached hydrogens (primary N) is 1. The van der Waals surface area contributed by atoms with Crippen LogP contribution in [0, 0.1) is 6.92 Å². The van der Waals surface area contributed by atoms with Crippen LogP contribution in [0.15, 0.2) is 12.1 Å². The summed E-state index contributed by atoms with van der Waals surface area (Å²) in [5.74, 6) is 0.191. The van der Waals surface area contributed by atoms with Crippen molar-refractivity contribution in [3.8, 4) is 0 Å². The Hall–Kier alpha value is -1.67. The van der Waals surface area contributed by atoms with Crippen LogP contribution in [0.1, 0.15) is 22.5 Å². The maximum Gasteiger partial charge on any atom is 0.251 e. The van der Waals surface area contributed by atoms with Crippen molar-refractivity contribution in [1.29, 1.82) is 0 Å². The number of anilines is 1. The largest absolute Gasteiger partial charge is 0.373 e. The van der Waals surface area contributed by atoms with Gasteiger partial charge in [-0.25, -0.2) is 18.5 Å². The van der Waals surface area contributed by atoms with E-state index in [4.69, 9.17) is 5.14 Å². The zero-order valence-corrected chi connectivity index (χ0v) is 11.8. The van der Waals surface area contributed by atoms with Gasteiger partial charge in [0.25, 0.3) is 5.91 Å². The molecule has 0 bridgehead atoms. The normalized spacial score (nSPS) is 11.1. The van der Waals surface area contributed by atoms with Gasteiger partial charge in [0.1, 0.15) is 5.82 Å². The minimum absolute atomic E-state index is 0.148. The fourth-order valence-corrected chi connectivity index (χ4v) is 2.05. The summed E-state index contributed by atoms with van der Waals surface area (Å²) in [5.41, 5.74) is 1.20. The van der Waals surface area contributed by atoms with Crippen molar-refractivity contribution in [3.05, 3.63) is 23.4 Å². The second kappa shape index (κ2) is 6.48. The number of pyridine rings is 1. The number of aryl methyl sites for hydroxylation is 1. The fourth-order valence-electron chi connectivity index (χ4n) is 1.51. The number of rotatable bonds is 6. The summed E-state index contributed by atoms with van der Waals surface area (Å²) in [7, 11) is -1.76. The zero-order valence-electron chi connectivity index (χ0n) is 10.9. The first-order valence-electron chi connectivity index (χ1n) is 5.77. The molecule has 1 heterocycles. The summed E-state index contributed by atoms with van der Waals surface area (Å²) < 4.78 is 21.4. The van der Waals surface area contributed by atoms with Crippen LogP contribution in [0.5, 0.6) is 0 Å². The lowest BCUT2D eigenvalue weighted by molar-refractivity contribution is 0.0953. The number of sulfonamides is 1. The predicted molar refractivity (Wildman–Crippen MR) is 73.4 cm³/mol. The zero-order chi connectivity index (χ0) is 14.5. The van der Waals surface area contributed by atoms with Crippen LogP contribution in [0.25, 0.3) is 0 Å². The van der Waals surface area contributed by atoms with Crippen molar-refractivity contribution >= 4 is 21.7 Å². The van der Waals surface area contributed by atoms with E-state index < -0.39 is 10.0 Å². The van der Waals surface area contributed by atoms with Crippen molar-refractivity contribution in [2.24, 2.45) is 5.14 Å². The van der Waals surface area contributed by atoms with Crippen LogP contribution >= 0.6 is 0 Å². The fraction of sp³-hybridized carbons (Fsp3) is 0.455. The topological polar surface area (TPSA) is 114 Å². The Kier molecular flexibility index (Phi) is 5.25. The van der Waals surface area contributed by atoms with Crippen LogP contribution in [0.2, 0.25) is 0 Å². The third kappa shape index (κ3) is 5.66. The van der Waals surface area contributed by atoms with Crippen molar-refractivity contribution in [2.75, 3.05) is 24.7 Å². The molecular weight excluding hydrogens is 268 g/mol. The van der Waals surface area contributed by atoms with Crippen LogP contribution in [0.3, 0.4) is 0 Å². The van der Waals surface area contributed by atoms with Gasteiger partial charge >= 0.3 is 0 Å². The van der Waals surface area contributed by atoms with Gasteiger partial charge in [0.05, 0.1) is 5.75 Å². The molecule has 0 saturated carbocycles. The molecular formula is C11H18N4O3S. The van der Waals surface area contributed by atoms with E-state index in [1.54, 1.807) is 26.1 Å². The summed E-state index contributed by atoms with van der Waals surface area (Å²) in [5, 5.41) is 10.4. The molecule has 0 atom stereocenters. The highest BCUT2D eigenvalue weighted by atomic mass is 32.2. The maximum atomic E-state index is 11.8. The van der Waals surface area contributed by atoms with E-state index >= 15 is 0 Å². The highest BCUT2D eigenvalue weighted by molar-refractivity contribution is 7.89. The van der Waals surface area contributed by atoms with Crippen LogP contribution in [-0.2, 0) is 10.0 Å². The van der Waals surface area contributed by atoms with E-state index in [0.29, 0.717) is 11.4 Å². The minimum atomic E-state index is -3.48. The Bertz CT molecular complexity index is 557. The van der Waals surface area contributed by atoms with Crippen LogP contribution < -0.4 is 15.8 Å². The summed E-state index contributed by atoms with van der Waals surface area (Å²) in [6, 6.07) is 3.29. The van der Waals surface area contributed by atoms with Gasteiger partial charge in [-0.2, -0.15) is 0 Å². The molecule has 0 aliphatic heterocycles. The molecule has 1 amide bonds. The molecule has 8 heteroatoms. The number of carbonyl (C=O) groups is 1. The number of carbonyl (C=O) groups excluding carboxylic acids is 1. The van der Waals surface area contributed by atoms with Crippen LogP contribution in [-0.4, -0.2) is 38.7 Å². The number of amides is 1. The molecule has 1 rings (SSSR count). The van der Waals surface area contributed by atoms with Gasteiger partial charge < -0.3 is 10.6 Å². The molecule has 0 radical (unpaired) electrons. The second-order valence-corrected chi connectivity index (χ2v) is 5.84. The Morgan fingerprint density at radius 3 is 2.68 bits per heavy atom. The number of nitrogens with one attached hydrogen (secondary N) is 2. The van der Waals surface area contributed by atoms with Crippen molar-refractivity contribution in [3.63, 3.8) is 0 Å². The van der Waals surface area contributed by atoms with Gasteiger partial charge in [-0.3, -0.25) is 4.79 Å². The van der Waals surface area contributed by atoms with Gasteiger partial charge in [-0.1, -0.05) is 0 Å². The standard InChI is InChI=1S/C11H18N4O3S/c1-8-6-9(7-10(13-2)15-8)11(16)14-4-3-5-19(12,17)18/h6-7H,3-5H2,1-2H3,(H,13,15)(H,14,16)(H2,12,17,18). The molecule has 0 saturated heterocycles. The molecule has 0 aromatic carbocycles. The first-order chi connectivity index (χ1) is 8.81. The number of aromatic nitrogens is 1. The summed E-state index contributed by atoms with van der Waals surface area (Å²) in [6.45, 7) is 2.05. The lowest BCUT2D eigenvalue weighted by Crippen LogP contribution is -2.27. The molecule has 4 N–H and O–H groups in total. The van der Waals surface area contributed by atoms with E-state index in [1.165, 1.54) is 0 Å². The van der Waals surface area contributed by atoms with E-state index in [0.717, 1.165) is 5.69 Å². The second-order valence-electron chi connectivity index (χ2n) is 4.11. The Balaban J connectivity index is 2.56. The van der Waals surface area contributed by atoms with Gasteiger partial charge in [0, 0.05) is 24.8 Å². The molecule has 0 unspecified atom stereocenters. The molecule has 0 aliphatic rings.